The van der Waals surface area contributed by atoms with Gasteiger partial charge in [0, 0.05) is 18.0 Å². The standard InChI is InChI=1S/C16H21FN2O/c1-10-15(3-2-8-18-10)19-16(20)14-9-13(14)11-4-6-12(17)7-5-11/h4-7,10,13-15,18H,2-3,8-9H2,1H3,(H,19,20). The molecule has 2 N–H and O–H groups in total. The Balaban J connectivity index is 1.56. The minimum absolute atomic E-state index is 0.0644. The number of hydrogen-bond donors (Lipinski definition) is 2. The van der Waals surface area contributed by atoms with Crippen LogP contribution in [0.4, 0.5) is 4.39 Å². The van der Waals surface area contributed by atoms with Crippen LogP contribution in [0.25, 0.3) is 0 Å². The molecule has 108 valence electrons. The Labute approximate surface area is 118 Å². The highest BCUT2D eigenvalue weighted by molar-refractivity contribution is 5.83. The van der Waals surface area contributed by atoms with E-state index in [0.717, 1.165) is 31.4 Å². The first-order chi connectivity index (χ1) is 9.65. The molecule has 1 heterocycles. The average Bonchev–Trinajstić information content (AvgIpc) is 3.23. The maximum Gasteiger partial charge on any atom is 0.224 e. The van der Waals surface area contributed by atoms with Gasteiger partial charge in [-0.15, -0.1) is 0 Å². The Bertz CT molecular complexity index is 488. The molecule has 4 atom stereocenters. The third-order valence-corrected chi connectivity index (χ3v) is 4.51. The van der Waals surface area contributed by atoms with Crippen molar-refractivity contribution >= 4 is 5.91 Å². The summed E-state index contributed by atoms with van der Waals surface area (Å²) in [5.41, 5.74) is 1.07. The maximum absolute atomic E-state index is 12.9. The highest BCUT2D eigenvalue weighted by atomic mass is 19.1. The largest absolute Gasteiger partial charge is 0.352 e. The topological polar surface area (TPSA) is 41.1 Å². The smallest absolute Gasteiger partial charge is 0.224 e. The third kappa shape index (κ3) is 2.85. The molecule has 0 aromatic heterocycles. The second-order valence-electron chi connectivity index (χ2n) is 6.00. The molecule has 3 nitrogen and oxygen atoms in total. The van der Waals surface area contributed by atoms with Crippen molar-refractivity contribution < 1.29 is 9.18 Å². The lowest BCUT2D eigenvalue weighted by atomic mass is 9.99. The molecular weight excluding hydrogens is 255 g/mol. The van der Waals surface area contributed by atoms with Gasteiger partial charge in [-0.25, -0.2) is 4.39 Å². The summed E-state index contributed by atoms with van der Waals surface area (Å²) in [6.45, 7) is 3.16. The molecule has 1 saturated heterocycles. The predicted molar refractivity (Wildman–Crippen MR) is 75.9 cm³/mol. The molecule has 4 unspecified atom stereocenters. The van der Waals surface area contributed by atoms with Crippen molar-refractivity contribution in [2.75, 3.05) is 6.54 Å². The molecule has 1 aliphatic carbocycles. The van der Waals surface area contributed by atoms with Gasteiger partial charge in [-0.05, 0) is 56.3 Å². The number of rotatable bonds is 3. The van der Waals surface area contributed by atoms with Crippen molar-refractivity contribution in [2.24, 2.45) is 5.92 Å². The number of benzene rings is 1. The van der Waals surface area contributed by atoms with Crippen LogP contribution in [0.5, 0.6) is 0 Å². The lowest BCUT2D eigenvalue weighted by Crippen LogP contribution is -2.52. The van der Waals surface area contributed by atoms with Crippen LogP contribution in [-0.2, 0) is 4.79 Å². The quantitative estimate of drug-likeness (QED) is 0.888. The summed E-state index contributed by atoms with van der Waals surface area (Å²) in [4.78, 5) is 12.3. The molecule has 4 heteroatoms. The van der Waals surface area contributed by atoms with Gasteiger partial charge >= 0.3 is 0 Å². The molecule has 1 aromatic carbocycles. The first-order valence-electron chi connectivity index (χ1n) is 7.44. The first kappa shape index (κ1) is 13.6. The summed E-state index contributed by atoms with van der Waals surface area (Å²) in [7, 11) is 0. The Hall–Kier alpha value is -1.42. The van der Waals surface area contributed by atoms with Crippen LogP contribution in [-0.4, -0.2) is 24.5 Å². The van der Waals surface area contributed by atoms with Crippen LogP contribution < -0.4 is 10.6 Å². The van der Waals surface area contributed by atoms with E-state index in [4.69, 9.17) is 0 Å². The molecule has 0 bridgehead atoms. The van der Waals surface area contributed by atoms with Crippen molar-refractivity contribution in [3.8, 4) is 0 Å². The van der Waals surface area contributed by atoms with Gasteiger partial charge in [-0.3, -0.25) is 4.79 Å². The highest BCUT2D eigenvalue weighted by Gasteiger charge is 2.44. The lowest BCUT2D eigenvalue weighted by Gasteiger charge is -2.30. The van der Waals surface area contributed by atoms with Crippen molar-refractivity contribution in [1.82, 2.24) is 10.6 Å². The molecule has 20 heavy (non-hydrogen) atoms. The normalized spacial score (nSPS) is 32.7. The second kappa shape index (κ2) is 5.52. The number of amides is 1. The summed E-state index contributed by atoms with van der Waals surface area (Å²) < 4.78 is 12.9. The van der Waals surface area contributed by atoms with Crippen molar-refractivity contribution in [1.29, 1.82) is 0 Å². The van der Waals surface area contributed by atoms with Gasteiger partial charge in [0.15, 0.2) is 0 Å². The Kier molecular flexibility index (Phi) is 3.74. The zero-order valence-electron chi connectivity index (χ0n) is 11.7. The molecule has 1 amide bonds. The van der Waals surface area contributed by atoms with E-state index in [-0.39, 0.29) is 29.6 Å². The van der Waals surface area contributed by atoms with Crippen LogP contribution in [0.3, 0.4) is 0 Å². The number of nitrogens with one attached hydrogen (secondary N) is 2. The number of halogens is 1. The van der Waals surface area contributed by atoms with E-state index in [9.17, 15) is 9.18 Å². The molecule has 0 radical (unpaired) electrons. The lowest BCUT2D eigenvalue weighted by molar-refractivity contribution is -0.123. The van der Waals surface area contributed by atoms with E-state index in [2.05, 4.69) is 17.6 Å². The van der Waals surface area contributed by atoms with Gasteiger partial charge in [0.25, 0.3) is 0 Å². The minimum Gasteiger partial charge on any atom is -0.352 e. The molecule has 1 aliphatic heterocycles. The molecule has 2 fully saturated rings. The fourth-order valence-electron chi connectivity index (χ4n) is 3.09. The summed E-state index contributed by atoms with van der Waals surface area (Å²) >= 11 is 0. The number of carbonyl (C=O) groups is 1. The summed E-state index contributed by atoms with van der Waals surface area (Å²) in [6.07, 6.45) is 3.04. The SMILES string of the molecule is CC1NCCCC1NC(=O)C1CC1c1ccc(F)cc1. The van der Waals surface area contributed by atoms with Gasteiger partial charge in [-0.2, -0.15) is 0 Å². The highest BCUT2D eigenvalue weighted by Crippen LogP contribution is 2.47. The van der Waals surface area contributed by atoms with Crippen LogP contribution >= 0.6 is 0 Å². The summed E-state index contributed by atoms with van der Waals surface area (Å²) in [5.74, 6) is 0.259. The van der Waals surface area contributed by atoms with E-state index in [1.165, 1.54) is 12.1 Å². The van der Waals surface area contributed by atoms with Crippen LogP contribution in [0.1, 0.15) is 37.7 Å². The monoisotopic (exact) mass is 276 g/mol. The van der Waals surface area contributed by atoms with E-state index in [0.29, 0.717) is 6.04 Å². The van der Waals surface area contributed by atoms with E-state index in [1.807, 2.05) is 0 Å². The van der Waals surface area contributed by atoms with Gasteiger partial charge in [0.1, 0.15) is 5.82 Å². The van der Waals surface area contributed by atoms with E-state index in [1.54, 1.807) is 12.1 Å². The molecule has 0 spiro atoms. The molecule has 3 rings (SSSR count). The van der Waals surface area contributed by atoms with Crippen molar-refractivity contribution in [3.63, 3.8) is 0 Å². The number of hydrogen-bond acceptors (Lipinski definition) is 2. The summed E-state index contributed by atoms with van der Waals surface area (Å²) in [6, 6.07) is 7.10. The van der Waals surface area contributed by atoms with Gasteiger partial charge < -0.3 is 10.6 Å². The molecule has 2 aliphatic rings. The number of piperidine rings is 1. The molecular formula is C16H21FN2O. The maximum atomic E-state index is 12.9. The van der Waals surface area contributed by atoms with Crippen LogP contribution in [0.2, 0.25) is 0 Å². The minimum atomic E-state index is -0.225. The Morgan fingerprint density at radius 1 is 1.35 bits per heavy atom. The average molecular weight is 276 g/mol. The van der Waals surface area contributed by atoms with E-state index >= 15 is 0 Å². The predicted octanol–water partition coefficient (Wildman–Crippen LogP) is 2.19. The number of carbonyl (C=O) groups excluding carboxylic acids is 1. The van der Waals surface area contributed by atoms with E-state index < -0.39 is 0 Å². The van der Waals surface area contributed by atoms with Crippen LogP contribution in [0, 0.1) is 11.7 Å². The molecule has 1 saturated carbocycles. The van der Waals surface area contributed by atoms with Crippen LogP contribution in [0.15, 0.2) is 24.3 Å². The first-order valence-corrected chi connectivity index (χ1v) is 7.44. The zero-order valence-corrected chi connectivity index (χ0v) is 11.7. The summed E-state index contributed by atoms with van der Waals surface area (Å²) in [5, 5.41) is 6.56. The van der Waals surface area contributed by atoms with Crippen molar-refractivity contribution in [3.05, 3.63) is 35.6 Å². The fraction of sp³-hybridized carbons (Fsp3) is 0.562. The Morgan fingerprint density at radius 2 is 2.10 bits per heavy atom. The third-order valence-electron chi connectivity index (χ3n) is 4.51. The van der Waals surface area contributed by atoms with Gasteiger partial charge in [0.2, 0.25) is 5.91 Å². The second-order valence-corrected chi connectivity index (χ2v) is 6.00. The fourth-order valence-corrected chi connectivity index (χ4v) is 3.09. The zero-order chi connectivity index (χ0) is 14.1. The Morgan fingerprint density at radius 3 is 2.80 bits per heavy atom. The van der Waals surface area contributed by atoms with Gasteiger partial charge in [-0.1, -0.05) is 12.1 Å². The van der Waals surface area contributed by atoms with Gasteiger partial charge in [0.05, 0.1) is 0 Å². The van der Waals surface area contributed by atoms with Crippen molar-refractivity contribution in [2.45, 2.75) is 44.2 Å². The molecule has 1 aromatic rings.